The van der Waals surface area contributed by atoms with Crippen LogP contribution in [0.25, 0.3) is 6.08 Å². The Morgan fingerprint density at radius 1 is 1.27 bits per heavy atom. The quantitative estimate of drug-likeness (QED) is 0.772. The molecule has 0 spiro atoms. The molecule has 0 radical (unpaired) electrons. The minimum atomic E-state index is 0.250. The van der Waals surface area contributed by atoms with Gasteiger partial charge in [-0.2, -0.15) is 0 Å². The van der Waals surface area contributed by atoms with Crippen LogP contribution in [-0.2, 0) is 6.42 Å². The zero-order chi connectivity index (χ0) is 16.2. The first-order chi connectivity index (χ1) is 10.4. The molecular formula is C21H30O. The highest BCUT2D eigenvalue weighted by molar-refractivity contribution is 5.55. The van der Waals surface area contributed by atoms with Crippen molar-refractivity contribution in [3.63, 3.8) is 0 Å². The lowest BCUT2D eigenvalue weighted by atomic mass is 9.72. The number of benzene rings is 1. The van der Waals surface area contributed by atoms with Crippen molar-refractivity contribution in [2.75, 3.05) is 6.61 Å². The van der Waals surface area contributed by atoms with E-state index in [2.05, 4.69) is 64.1 Å². The van der Waals surface area contributed by atoms with Crippen molar-refractivity contribution in [3.05, 3.63) is 52.6 Å². The van der Waals surface area contributed by atoms with Gasteiger partial charge in [0.2, 0.25) is 0 Å². The Labute approximate surface area is 135 Å². The Hall–Kier alpha value is -1.34. The van der Waals surface area contributed by atoms with Crippen LogP contribution in [0, 0.1) is 11.3 Å². The van der Waals surface area contributed by atoms with Crippen molar-refractivity contribution in [1.82, 2.24) is 0 Å². The van der Waals surface area contributed by atoms with E-state index in [1.54, 1.807) is 0 Å². The number of allylic oxidation sites excluding steroid dienone is 3. The maximum absolute atomic E-state index is 9.21. The molecule has 1 atom stereocenters. The first-order valence-corrected chi connectivity index (χ1v) is 8.50. The lowest BCUT2D eigenvalue weighted by Crippen LogP contribution is -2.18. The fourth-order valence-corrected chi connectivity index (χ4v) is 3.48. The van der Waals surface area contributed by atoms with Gasteiger partial charge in [0.05, 0.1) is 0 Å². The maximum Gasteiger partial charge on any atom is 0.0459 e. The lowest BCUT2D eigenvalue weighted by molar-refractivity contribution is 0.237. The Morgan fingerprint density at radius 3 is 2.73 bits per heavy atom. The molecule has 0 aliphatic heterocycles. The molecule has 2 rings (SSSR count). The average Bonchev–Trinajstić information content (AvgIpc) is 2.46. The second-order valence-electron chi connectivity index (χ2n) is 7.50. The Kier molecular flexibility index (Phi) is 5.63. The topological polar surface area (TPSA) is 20.2 Å². The molecule has 0 bridgehead atoms. The molecule has 1 aromatic carbocycles. The summed E-state index contributed by atoms with van der Waals surface area (Å²) in [4.78, 5) is 0. The SMILES string of the molecule is CC1=C(/C=C/c2cccc(CC(C)CO)c2)C(C)(C)CCC1. The van der Waals surface area contributed by atoms with E-state index < -0.39 is 0 Å². The van der Waals surface area contributed by atoms with Crippen LogP contribution in [-0.4, -0.2) is 11.7 Å². The van der Waals surface area contributed by atoms with E-state index in [4.69, 9.17) is 0 Å². The third-order valence-electron chi connectivity index (χ3n) is 4.83. The molecule has 22 heavy (non-hydrogen) atoms. The molecule has 1 aromatic rings. The van der Waals surface area contributed by atoms with Crippen LogP contribution < -0.4 is 0 Å². The van der Waals surface area contributed by atoms with Crippen molar-refractivity contribution in [1.29, 1.82) is 0 Å². The summed E-state index contributed by atoms with van der Waals surface area (Å²) in [7, 11) is 0. The van der Waals surface area contributed by atoms with Crippen molar-refractivity contribution >= 4 is 6.08 Å². The summed E-state index contributed by atoms with van der Waals surface area (Å²) in [5, 5.41) is 9.21. The number of hydrogen-bond acceptors (Lipinski definition) is 1. The zero-order valence-electron chi connectivity index (χ0n) is 14.5. The fourth-order valence-electron chi connectivity index (χ4n) is 3.48. The van der Waals surface area contributed by atoms with E-state index >= 15 is 0 Å². The van der Waals surface area contributed by atoms with Crippen molar-refractivity contribution in [2.24, 2.45) is 11.3 Å². The monoisotopic (exact) mass is 298 g/mol. The van der Waals surface area contributed by atoms with Crippen LogP contribution in [0.3, 0.4) is 0 Å². The van der Waals surface area contributed by atoms with Gasteiger partial charge in [-0.25, -0.2) is 0 Å². The molecule has 1 nitrogen and oxygen atoms in total. The first kappa shape index (κ1) is 17.0. The highest BCUT2D eigenvalue weighted by Crippen LogP contribution is 2.40. The van der Waals surface area contributed by atoms with Crippen LogP contribution in [0.4, 0.5) is 0 Å². The standard InChI is InChI=1S/C21H30O/c1-16(15-22)13-19-9-5-8-18(14-19)10-11-20-17(2)7-6-12-21(20,3)4/h5,8-11,14,16,22H,6-7,12-13,15H2,1-4H3/b11-10+. The van der Waals surface area contributed by atoms with Gasteiger partial charge in [-0.1, -0.05) is 62.8 Å². The van der Waals surface area contributed by atoms with Gasteiger partial charge in [-0.05, 0) is 60.6 Å². The summed E-state index contributed by atoms with van der Waals surface area (Å²) in [6, 6.07) is 8.68. The summed E-state index contributed by atoms with van der Waals surface area (Å²) in [6.07, 6.45) is 9.33. The second-order valence-corrected chi connectivity index (χ2v) is 7.50. The van der Waals surface area contributed by atoms with E-state index in [1.807, 2.05) is 0 Å². The molecule has 1 aliphatic rings. The van der Waals surface area contributed by atoms with Gasteiger partial charge >= 0.3 is 0 Å². The minimum absolute atomic E-state index is 0.250. The Morgan fingerprint density at radius 2 is 2.05 bits per heavy atom. The van der Waals surface area contributed by atoms with E-state index in [9.17, 15) is 5.11 Å². The highest BCUT2D eigenvalue weighted by Gasteiger charge is 2.26. The van der Waals surface area contributed by atoms with Gasteiger partial charge < -0.3 is 5.11 Å². The Bertz CT molecular complexity index is 563. The molecule has 0 amide bonds. The van der Waals surface area contributed by atoms with Crippen molar-refractivity contribution < 1.29 is 5.11 Å². The Balaban J connectivity index is 2.18. The smallest absolute Gasteiger partial charge is 0.0459 e. The van der Waals surface area contributed by atoms with Gasteiger partial charge in [0.25, 0.3) is 0 Å². The molecule has 1 aliphatic carbocycles. The second kappa shape index (κ2) is 7.28. The number of rotatable bonds is 5. The number of hydrogen-bond donors (Lipinski definition) is 1. The van der Waals surface area contributed by atoms with E-state index in [1.165, 1.54) is 41.5 Å². The summed E-state index contributed by atoms with van der Waals surface area (Å²) in [5.41, 5.74) is 5.90. The summed E-state index contributed by atoms with van der Waals surface area (Å²) >= 11 is 0. The summed E-state index contributed by atoms with van der Waals surface area (Å²) in [5.74, 6) is 0.321. The van der Waals surface area contributed by atoms with Crippen LogP contribution in [0.5, 0.6) is 0 Å². The highest BCUT2D eigenvalue weighted by atomic mass is 16.3. The van der Waals surface area contributed by atoms with Gasteiger partial charge in [-0.15, -0.1) is 0 Å². The largest absolute Gasteiger partial charge is 0.396 e. The molecular weight excluding hydrogens is 268 g/mol. The fraction of sp³-hybridized carbons (Fsp3) is 0.524. The molecule has 120 valence electrons. The normalized spacial score (nSPS) is 19.7. The van der Waals surface area contributed by atoms with E-state index in [0.717, 1.165) is 6.42 Å². The van der Waals surface area contributed by atoms with Crippen LogP contribution in [0.2, 0.25) is 0 Å². The molecule has 0 fully saturated rings. The van der Waals surface area contributed by atoms with Crippen LogP contribution in [0.15, 0.2) is 41.5 Å². The van der Waals surface area contributed by atoms with Gasteiger partial charge in [-0.3, -0.25) is 0 Å². The maximum atomic E-state index is 9.21. The molecule has 0 heterocycles. The predicted molar refractivity (Wildman–Crippen MR) is 95.8 cm³/mol. The third-order valence-corrected chi connectivity index (χ3v) is 4.83. The van der Waals surface area contributed by atoms with Crippen LogP contribution in [0.1, 0.15) is 58.1 Å². The third kappa shape index (κ3) is 4.33. The van der Waals surface area contributed by atoms with Gasteiger partial charge in [0.1, 0.15) is 0 Å². The molecule has 0 saturated carbocycles. The number of aliphatic hydroxyl groups is 1. The molecule has 1 N–H and O–H groups in total. The van der Waals surface area contributed by atoms with Crippen molar-refractivity contribution in [3.8, 4) is 0 Å². The number of aliphatic hydroxyl groups excluding tert-OH is 1. The van der Waals surface area contributed by atoms with Gasteiger partial charge in [0.15, 0.2) is 0 Å². The summed E-state index contributed by atoms with van der Waals surface area (Å²) < 4.78 is 0. The lowest BCUT2D eigenvalue weighted by Gasteiger charge is -2.32. The summed E-state index contributed by atoms with van der Waals surface area (Å²) in [6.45, 7) is 9.32. The molecule has 0 aromatic heterocycles. The molecule has 0 saturated heterocycles. The van der Waals surface area contributed by atoms with Crippen LogP contribution >= 0.6 is 0 Å². The van der Waals surface area contributed by atoms with Crippen molar-refractivity contribution in [2.45, 2.75) is 53.4 Å². The molecule has 1 unspecified atom stereocenters. The first-order valence-electron chi connectivity index (χ1n) is 8.50. The van der Waals surface area contributed by atoms with E-state index in [0.29, 0.717) is 11.3 Å². The van der Waals surface area contributed by atoms with Gasteiger partial charge in [0, 0.05) is 6.61 Å². The zero-order valence-corrected chi connectivity index (χ0v) is 14.5. The average molecular weight is 298 g/mol. The predicted octanol–water partition coefficient (Wildman–Crippen LogP) is 5.40. The minimum Gasteiger partial charge on any atom is -0.396 e. The van der Waals surface area contributed by atoms with E-state index in [-0.39, 0.29) is 6.61 Å². The molecule has 1 heteroatoms.